The highest BCUT2D eigenvalue weighted by atomic mass is 79.9. The van der Waals surface area contributed by atoms with Gasteiger partial charge in [0, 0.05) is 29.6 Å². The summed E-state index contributed by atoms with van der Waals surface area (Å²) in [5, 5.41) is 3.55. The van der Waals surface area contributed by atoms with Gasteiger partial charge in [-0.3, -0.25) is 4.90 Å². The average molecular weight is 311 g/mol. The largest absolute Gasteiger partial charge is 0.311 e. The summed E-state index contributed by atoms with van der Waals surface area (Å²) in [5.74, 6) is 0. The van der Waals surface area contributed by atoms with Crippen molar-refractivity contribution in [2.24, 2.45) is 0 Å². The third-order valence-corrected chi connectivity index (χ3v) is 4.70. The van der Waals surface area contributed by atoms with Crippen LogP contribution in [-0.2, 0) is 6.54 Å². The molecule has 3 heteroatoms. The molecule has 0 radical (unpaired) electrons. The molecule has 100 valence electrons. The molecule has 0 amide bonds. The predicted octanol–water partition coefficient (Wildman–Crippen LogP) is 3.33. The highest BCUT2D eigenvalue weighted by Gasteiger charge is 2.28. The molecule has 0 aliphatic heterocycles. The first-order valence-corrected chi connectivity index (χ1v) is 7.55. The second-order valence-corrected chi connectivity index (χ2v) is 6.31. The van der Waals surface area contributed by atoms with Crippen LogP contribution < -0.4 is 5.32 Å². The lowest BCUT2D eigenvalue weighted by Crippen LogP contribution is -2.38. The highest BCUT2D eigenvalue weighted by Crippen LogP contribution is 2.26. The molecule has 2 rings (SSSR count). The lowest BCUT2D eigenvalue weighted by atomic mass is 10.1. The molecule has 1 aromatic rings. The van der Waals surface area contributed by atoms with E-state index in [4.69, 9.17) is 0 Å². The maximum Gasteiger partial charge on any atom is 0.0206 e. The van der Waals surface area contributed by atoms with Gasteiger partial charge in [-0.2, -0.15) is 0 Å². The van der Waals surface area contributed by atoms with E-state index in [1.54, 1.807) is 0 Å². The average Bonchev–Trinajstić information content (AvgIpc) is 3.16. The molecule has 0 aromatic heterocycles. The Bertz CT molecular complexity index is 401. The molecule has 1 N–H and O–H groups in total. The second-order valence-electron chi connectivity index (χ2n) is 5.46. The van der Waals surface area contributed by atoms with Gasteiger partial charge in [-0.1, -0.05) is 28.1 Å². The van der Waals surface area contributed by atoms with Crippen LogP contribution in [0.3, 0.4) is 0 Å². The Balaban J connectivity index is 1.75. The monoisotopic (exact) mass is 310 g/mol. The van der Waals surface area contributed by atoms with Crippen molar-refractivity contribution in [1.82, 2.24) is 10.2 Å². The molecule has 1 atom stereocenters. The number of hydrogen-bond acceptors (Lipinski definition) is 2. The van der Waals surface area contributed by atoms with E-state index < -0.39 is 0 Å². The van der Waals surface area contributed by atoms with Crippen LogP contribution in [0.15, 0.2) is 22.7 Å². The number of halogens is 1. The minimum absolute atomic E-state index is 0.619. The van der Waals surface area contributed by atoms with E-state index in [1.807, 2.05) is 0 Å². The van der Waals surface area contributed by atoms with Gasteiger partial charge in [-0.15, -0.1) is 0 Å². The van der Waals surface area contributed by atoms with Crippen LogP contribution in [0.2, 0.25) is 0 Å². The quantitative estimate of drug-likeness (QED) is 0.867. The van der Waals surface area contributed by atoms with Crippen molar-refractivity contribution in [3.8, 4) is 0 Å². The second kappa shape index (κ2) is 6.18. The number of likely N-dealkylation sites (N-methyl/N-ethyl adjacent to an activating group) is 1. The summed E-state index contributed by atoms with van der Waals surface area (Å²) in [6.45, 7) is 6.45. The Morgan fingerprint density at radius 3 is 2.78 bits per heavy atom. The summed E-state index contributed by atoms with van der Waals surface area (Å²) in [5.41, 5.74) is 2.66. The van der Waals surface area contributed by atoms with Gasteiger partial charge in [-0.05, 0) is 50.9 Å². The normalized spacial score (nSPS) is 17.2. The first-order valence-electron chi connectivity index (χ1n) is 6.75. The summed E-state index contributed by atoms with van der Waals surface area (Å²) in [7, 11) is 2.24. The third-order valence-electron chi connectivity index (χ3n) is 3.81. The SMILES string of the molecule is Cc1cc(CNCC(C)N(C)C2CC2)ccc1Br. The summed E-state index contributed by atoms with van der Waals surface area (Å²) in [6.07, 6.45) is 2.76. The standard InChI is InChI=1S/C15H23BrN2/c1-11-8-13(4-7-15(11)16)10-17-9-12(2)18(3)14-5-6-14/h4,7-8,12,14,17H,5-6,9-10H2,1-3H3. The zero-order chi connectivity index (χ0) is 13.1. The van der Waals surface area contributed by atoms with Gasteiger partial charge in [0.2, 0.25) is 0 Å². The molecule has 0 saturated heterocycles. The molecule has 0 heterocycles. The zero-order valence-corrected chi connectivity index (χ0v) is 13.1. The highest BCUT2D eigenvalue weighted by molar-refractivity contribution is 9.10. The Morgan fingerprint density at radius 1 is 1.44 bits per heavy atom. The van der Waals surface area contributed by atoms with Crippen LogP contribution in [0.1, 0.15) is 30.9 Å². The zero-order valence-electron chi connectivity index (χ0n) is 11.5. The molecule has 1 aromatic carbocycles. The first-order chi connectivity index (χ1) is 8.58. The molecular weight excluding hydrogens is 288 g/mol. The Kier molecular flexibility index (Phi) is 4.82. The molecule has 1 aliphatic carbocycles. The van der Waals surface area contributed by atoms with Gasteiger partial charge < -0.3 is 5.32 Å². The summed E-state index contributed by atoms with van der Waals surface area (Å²) in [4.78, 5) is 2.50. The van der Waals surface area contributed by atoms with E-state index in [1.165, 1.54) is 28.4 Å². The lowest BCUT2D eigenvalue weighted by molar-refractivity contribution is 0.241. The van der Waals surface area contributed by atoms with Crippen LogP contribution in [-0.4, -0.2) is 30.6 Å². The van der Waals surface area contributed by atoms with Crippen LogP contribution in [0.25, 0.3) is 0 Å². The maximum atomic E-state index is 3.55. The molecule has 2 nitrogen and oxygen atoms in total. The minimum atomic E-state index is 0.619. The minimum Gasteiger partial charge on any atom is -0.311 e. The fourth-order valence-corrected chi connectivity index (χ4v) is 2.47. The number of aryl methyl sites for hydroxylation is 1. The molecule has 1 unspecified atom stereocenters. The van der Waals surface area contributed by atoms with E-state index >= 15 is 0 Å². The molecule has 1 fully saturated rings. The lowest BCUT2D eigenvalue weighted by Gasteiger charge is -2.24. The van der Waals surface area contributed by atoms with Crippen molar-refractivity contribution >= 4 is 15.9 Å². The van der Waals surface area contributed by atoms with Crippen molar-refractivity contribution in [3.05, 3.63) is 33.8 Å². The molecule has 0 spiro atoms. The van der Waals surface area contributed by atoms with E-state index in [0.717, 1.165) is 19.1 Å². The van der Waals surface area contributed by atoms with Crippen molar-refractivity contribution in [2.45, 2.75) is 45.3 Å². The summed E-state index contributed by atoms with van der Waals surface area (Å²) < 4.78 is 1.19. The van der Waals surface area contributed by atoms with Gasteiger partial charge in [-0.25, -0.2) is 0 Å². The third kappa shape index (κ3) is 3.81. The Morgan fingerprint density at radius 2 is 2.17 bits per heavy atom. The fourth-order valence-electron chi connectivity index (χ4n) is 2.23. The van der Waals surface area contributed by atoms with Crippen LogP contribution in [0, 0.1) is 6.92 Å². The number of benzene rings is 1. The molecular formula is C15H23BrN2. The molecule has 18 heavy (non-hydrogen) atoms. The van der Waals surface area contributed by atoms with Crippen LogP contribution in [0.5, 0.6) is 0 Å². The number of rotatable bonds is 6. The Hall–Kier alpha value is -0.380. The van der Waals surface area contributed by atoms with Crippen molar-refractivity contribution in [2.75, 3.05) is 13.6 Å². The van der Waals surface area contributed by atoms with Crippen LogP contribution >= 0.6 is 15.9 Å². The smallest absolute Gasteiger partial charge is 0.0206 e. The van der Waals surface area contributed by atoms with E-state index in [9.17, 15) is 0 Å². The summed E-state index contributed by atoms with van der Waals surface area (Å²) in [6, 6.07) is 8.02. The number of nitrogens with zero attached hydrogens (tertiary/aromatic N) is 1. The van der Waals surface area contributed by atoms with Gasteiger partial charge in [0.05, 0.1) is 0 Å². The van der Waals surface area contributed by atoms with Crippen LogP contribution in [0.4, 0.5) is 0 Å². The predicted molar refractivity (Wildman–Crippen MR) is 80.8 cm³/mol. The first kappa shape index (κ1) is 14.0. The van der Waals surface area contributed by atoms with Gasteiger partial charge in [0.1, 0.15) is 0 Å². The van der Waals surface area contributed by atoms with Gasteiger partial charge >= 0.3 is 0 Å². The van der Waals surface area contributed by atoms with Crippen molar-refractivity contribution in [1.29, 1.82) is 0 Å². The molecule has 1 aliphatic rings. The maximum absolute atomic E-state index is 3.55. The van der Waals surface area contributed by atoms with Gasteiger partial charge in [0.25, 0.3) is 0 Å². The molecule has 0 bridgehead atoms. The summed E-state index contributed by atoms with van der Waals surface area (Å²) >= 11 is 3.54. The van der Waals surface area contributed by atoms with Crippen molar-refractivity contribution < 1.29 is 0 Å². The van der Waals surface area contributed by atoms with E-state index in [-0.39, 0.29) is 0 Å². The van der Waals surface area contributed by atoms with E-state index in [0.29, 0.717) is 6.04 Å². The van der Waals surface area contributed by atoms with Gasteiger partial charge in [0.15, 0.2) is 0 Å². The number of hydrogen-bond donors (Lipinski definition) is 1. The van der Waals surface area contributed by atoms with Crippen molar-refractivity contribution in [3.63, 3.8) is 0 Å². The number of nitrogens with one attached hydrogen (secondary N) is 1. The molecule has 1 saturated carbocycles. The van der Waals surface area contributed by atoms with E-state index in [2.05, 4.69) is 65.2 Å². The fraction of sp³-hybridized carbons (Fsp3) is 0.600. The Labute approximate surface area is 119 Å². The topological polar surface area (TPSA) is 15.3 Å².